The molecule has 2 aromatic rings. The van der Waals surface area contributed by atoms with E-state index in [-0.39, 0.29) is 22.8 Å². The minimum atomic E-state index is -0.832. The molecule has 0 saturated heterocycles. The van der Waals surface area contributed by atoms with Gasteiger partial charge in [0.05, 0.1) is 15.5 Å². The van der Waals surface area contributed by atoms with E-state index < -0.39 is 16.9 Å². The fourth-order valence-electron chi connectivity index (χ4n) is 1.90. The molecule has 2 rings (SSSR count). The van der Waals surface area contributed by atoms with Crippen molar-refractivity contribution in [3.63, 3.8) is 0 Å². The molecule has 1 atom stereocenters. The lowest BCUT2D eigenvalue weighted by atomic mass is 10.1. The molecule has 22 heavy (non-hydrogen) atoms. The van der Waals surface area contributed by atoms with E-state index in [4.69, 9.17) is 11.6 Å². The normalized spacial score (nSPS) is 12.0. The predicted octanol–water partition coefficient (Wildman–Crippen LogP) is 3.08. The number of aliphatic hydroxyl groups excluding tert-OH is 1. The van der Waals surface area contributed by atoms with Gasteiger partial charge in [0.25, 0.3) is 11.6 Å². The molecule has 0 fully saturated rings. The highest BCUT2D eigenvalue weighted by Gasteiger charge is 2.18. The molecule has 0 bridgehead atoms. The van der Waals surface area contributed by atoms with E-state index in [2.05, 4.69) is 5.32 Å². The number of carbonyl (C=O) groups is 1. The van der Waals surface area contributed by atoms with Gasteiger partial charge in [-0.3, -0.25) is 14.9 Å². The Morgan fingerprint density at radius 3 is 2.82 bits per heavy atom. The highest BCUT2D eigenvalue weighted by Crippen LogP contribution is 2.24. The molecule has 1 aromatic heterocycles. The van der Waals surface area contributed by atoms with Gasteiger partial charge < -0.3 is 10.4 Å². The Bertz CT molecular complexity index is 717. The van der Waals surface area contributed by atoms with Gasteiger partial charge in [-0.25, -0.2) is 0 Å². The van der Waals surface area contributed by atoms with Crippen molar-refractivity contribution in [3.8, 4) is 0 Å². The molecule has 2 N–H and O–H groups in total. The molecule has 116 valence electrons. The van der Waals surface area contributed by atoms with Crippen LogP contribution in [0.15, 0.2) is 29.6 Å². The van der Waals surface area contributed by atoms with Gasteiger partial charge in [0, 0.05) is 23.6 Å². The Morgan fingerprint density at radius 2 is 2.23 bits per heavy atom. The van der Waals surface area contributed by atoms with Gasteiger partial charge in [-0.05, 0) is 30.0 Å². The summed E-state index contributed by atoms with van der Waals surface area (Å²) in [5.41, 5.74) is 0.732. The standard InChI is InChI=1S/C14H13ClN2O4S/c1-8-4-5-22-13(8)12(18)7-16-14(19)10-6-9(17(20)21)2-3-11(10)15/h2-6,12,18H,7H2,1H3,(H,16,19). The van der Waals surface area contributed by atoms with Crippen molar-refractivity contribution in [3.05, 3.63) is 60.8 Å². The third kappa shape index (κ3) is 3.62. The number of nitro benzene ring substituents is 1. The molecule has 1 amide bonds. The van der Waals surface area contributed by atoms with Crippen LogP contribution in [-0.2, 0) is 0 Å². The van der Waals surface area contributed by atoms with Crippen LogP contribution in [0.5, 0.6) is 0 Å². The molecule has 1 heterocycles. The number of benzene rings is 1. The number of hydrogen-bond acceptors (Lipinski definition) is 5. The topological polar surface area (TPSA) is 92.5 Å². The van der Waals surface area contributed by atoms with E-state index in [0.29, 0.717) is 0 Å². The highest BCUT2D eigenvalue weighted by molar-refractivity contribution is 7.10. The summed E-state index contributed by atoms with van der Waals surface area (Å²) in [7, 11) is 0. The second-order valence-corrected chi connectivity index (χ2v) is 5.97. The minimum absolute atomic E-state index is 0.000786. The number of aryl methyl sites for hydroxylation is 1. The number of nitro groups is 1. The zero-order chi connectivity index (χ0) is 16.3. The number of halogens is 1. The maximum Gasteiger partial charge on any atom is 0.270 e. The maximum absolute atomic E-state index is 12.1. The second-order valence-electron chi connectivity index (χ2n) is 4.61. The summed E-state index contributed by atoms with van der Waals surface area (Å²) in [6.45, 7) is 1.87. The Morgan fingerprint density at radius 1 is 1.50 bits per heavy atom. The average molecular weight is 341 g/mol. The van der Waals surface area contributed by atoms with Crippen LogP contribution >= 0.6 is 22.9 Å². The summed E-state index contributed by atoms with van der Waals surface area (Å²) >= 11 is 7.29. The van der Waals surface area contributed by atoms with Crippen LogP contribution in [0.2, 0.25) is 5.02 Å². The number of nitrogens with one attached hydrogen (secondary N) is 1. The summed E-state index contributed by atoms with van der Waals surface area (Å²) < 4.78 is 0. The third-order valence-corrected chi connectivity index (χ3v) is 4.52. The summed E-state index contributed by atoms with van der Waals surface area (Å²) in [6, 6.07) is 5.51. The molecule has 0 aliphatic rings. The van der Waals surface area contributed by atoms with Crippen molar-refractivity contribution in [1.29, 1.82) is 0 Å². The van der Waals surface area contributed by atoms with Crippen LogP contribution in [0, 0.1) is 17.0 Å². The zero-order valence-corrected chi connectivity index (χ0v) is 13.1. The summed E-state index contributed by atoms with van der Waals surface area (Å²) in [6.07, 6.45) is -0.832. The predicted molar refractivity (Wildman–Crippen MR) is 84.5 cm³/mol. The van der Waals surface area contributed by atoms with E-state index in [1.54, 1.807) is 0 Å². The fourth-order valence-corrected chi connectivity index (χ4v) is 3.02. The Labute approximate surface area is 135 Å². The number of aliphatic hydroxyl groups is 1. The van der Waals surface area contributed by atoms with Gasteiger partial charge in [-0.2, -0.15) is 0 Å². The molecule has 0 aliphatic carbocycles. The van der Waals surface area contributed by atoms with Crippen molar-refractivity contribution in [2.45, 2.75) is 13.0 Å². The minimum Gasteiger partial charge on any atom is -0.386 e. The maximum atomic E-state index is 12.1. The molecular formula is C14H13ClN2O4S. The molecule has 0 aliphatic heterocycles. The van der Waals surface area contributed by atoms with Crippen molar-refractivity contribution >= 4 is 34.5 Å². The van der Waals surface area contributed by atoms with Crippen LogP contribution in [0.4, 0.5) is 5.69 Å². The smallest absolute Gasteiger partial charge is 0.270 e. The van der Waals surface area contributed by atoms with Crippen LogP contribution < -0.4 is 5.32 Å². The summed E-state index contributed by atoms with van der Waals surface area (Å²) in [5.74, 6) is -0.568. The first-order valence-electron chi connectivity index (χ1n) is 6.34. The monoisotopic (exact) mass is 340 g/mol. The highest BCUT2D eigenvalue weighted by atomic mass is 35.5. The van der Waals surface area contributed by atoms with Crippen LogP contribution in [0.25, 0.3) is 0 Å². The quantitative estimate of drug-likeness (QED) is 0.646. The second kappa shape index (κ2) is 6.87. The molecule has 0 saturated carbocycles. The third-order valence-electron chi connectivity index (χ3n) is 3.07. The Kier molecular flexibility index (Phi) is 5.12. The van der Waals surface area contributed by atoms with E-state index in [1.165, 1.54) is 23.5 Å². The van der Waals surface area contributed by atoms with Crippen molar-refractivity contribution in [1.82, 2.24) is 5.32 Å². The number of non-ortho nitro benzene ring substituents is 1. The zero-order valence-electron chi connectivity index (χ0n) is 11.6. The first-order chi connectivity index (χ1) is 10.4. The molecule has 8 heteroatoms. The first-order valence-corrected chi connectivity index (χ1v) is 7.60. The van der Waals surface area contributed by atoms with Gasteiger partial charge in [-0.1, -0.05) is 11.6 Å². The summed E-state index contributed by atoms with van der Waals surface area (Å²) in [4.78, 5) is 23.0. The fraction of sp³-hybridized carbons (Fsp3) is 0.214. The average Bonchev–Trinajstić information content (AvgIpc) is 2.90. The van der Waals surface area contributed by atoms with E-state index in [0.717, 1.165) is 16.5 Å². The lowest BCUT2D eigenvalue weighted by Crippen LogP contribution is -2.28. The van der Waals surface area contributed by atoms with Gasteiger partial charge >= 0.3 is 0 Å². The number of thiophene rings is 1. The van der Waals surface area contributed by atoms with Crippen molar-refractivity contribution < 1.29 is 14.8 Å². The number of rotatable bonds is 5. The van der Waals surface area contributed by atoms with E-state index in [1.807, 2.05) is 18.4 Å². The number of carbonyl (C=O) groups excluding carboxylic acids is 1. The summed E-state index contributed by atoms with van der Waals surface area (Å²) in [5, 5.41) is 25.3. The molecule has 6 nitrogen and oxygen atoms in total. The van der Waals surface area contributed by atoms with Crippen molar-refractivity contribution in [2.75, 3.05) is 6.54 Å². The van der Waals surface area contributed by atoms with Crippen LogP contribution in [0.1, 0.15) is 26.9 Å². The first kappa shape index (κ1) is 16.4. The Hall–Kier alpha value is -1.96. The molecular weight excluding hydrogens is 328 g/mol. The lowest BCUT2D eigenvalue weighted by molar-refractivity contribution is -0.384. The molecule has 1 unspecified atom stereocenters. The van der Waals surface area contributed by atoms with Crippen molar-refractivity contribution in [2.24, 2.45) is 0 Å². The number of amides is 1. The lowest BCUT2D eigenvalue weighted by Gasteiger charge is -2.12. The van der Waals surface area contributed by atoms with Gasteiger partial charge in [0.1, 0.15) is 6.10 Å². The number of hydrogen-bond donors (Lipinski definition) is 2. The molecule has 1 aromatic carbocycles. The molecule has 0 spiro atoms. The van der Waals surface area contributed by atoms with Gasteiger partial charge in [0.2, 0.25) is 0 Å². The van der Waals surface area contributed by atoms with Crippen LogP contribution in [0.3, 0.4) is 0 Å². The number of nitrogens with zero attached hydrogens (tertiary/aromatic N) is 1. The van der Waals surface area contributed by atoms with Gasteiger partial charge in [0.15, 0.2) is 0 Å². The largest absolute Gasteiger partial charge is 0.386 e. The molecule has 0 radical (unpaired) electrons. The van der Waals surface area contributed by atoms with Crippen LogP contribution in [-0.4, -0.2) is 22.5 Å². The SMILES string of the molecule is Cc1ccsc1C(O)CNC(=O)c1cc([N+](=O)[O-])ccc1Cl. The Balaban J connectivity index is 2.08. The van der Waals surface area contributed by atoms with Gasteiger partial charge in [-0.15, -0.1) is 11.3 Å². The van der Waals surface area contributed by atoms with E-state index in [9.17, 15) is 20.0 Å². The van der Waals surface area contributed by atoms with E-state index >= 15 is 0 Å².